The predicted molar refractivity (Wildman–Crippen MR) is 79.7 cm³/mol. The molecule has 5 nitrogen and oxygen atoms in total. The van der Waals surface area contributed by atoms with Gasteiger partial charge in [-0.2, -0.15) is 0 Å². The smallest absolute Gasteiger partial charge is 0.237 e. The second-order valence-corrected chi connectivity index (χ2v) is 6.04. The Balaban J connectivity index is 2.56. The third kappa shape index (κ3) is 5.38. The molecule has 1 aliphatic rings. The molecular formula is C15H30N2O3. The van der Waals surface area contributed by atoms with E-state index >= 15 is 0 Å². The fourth-order valence-corrected chi connectivity index (χ4v) is 2.87. The minimum absolute atomic E-state index is 0.0775. The summed E-state index contributed by atoms with van der Waals surface area (Å²) in [6.45, 7) is 11.3. The second-order valence-electron chi connectivity index (χ2n) is 6.04. The van der Waals surface area contributed by atoms with Crippen LogP contribution in [0, 0.1) is 5.92 Å². The number of ether oxygens (including phenoxy) is 2. The maximum Gasteiger partial charge on any atom is 0.237 e. The van der Waals surface area contributed by atoms with Crippen LogP contribution >= 0.6 is 0 Å². The Hall–Kier alpha value is -0.650. The van der Waals surface area contributed by atoms with E-state index in [-0.39, 0.29) is 30.1 Å². The Morgan fingerprint density at radius 3 is 2.45 bits per heavy atom. The highest BCUT2D eigenvalue weighted by Crippen LogP contribution is 2.18. The van der Waals surface area contributed by atoms with Gasteiger partial charge in [-0.05, 0) is 26.2 Å². The fourth-order valence-electron chi connectivity index (χ4n) is 2.87. The summed E-state index contributed by atoms with van der Waals surface area (Å²) in [6.07, 6.45) is 1.21. The molecule has 0 aromatic carbocycles. The summed E-state index contributed by atoms with van der Waals surface area (Å²) in [5.74, 6) is 0.410. The summed E-state index contributed by atoms with van der Waals surface area (Å²) in [4.78, 5) is 14.7. The molecule has 0 saturated carbocycles. The Bertz CT molecular complexity index is 287. The Morgan fingerprint density at radius 1 is 1.35 bits per heavy atom. The molecule has 1 rings (SSSR count). The standard InChI is InChI=1S/C15H30N2O3/c1-11(2)14(15(18)16-7-6-8-19-5)17-9-12(3)20-13(4)10-17/h11-14H,6-10H2,1-5H3,(H,16,18). The highest BCUT2D eigenvalue weighted by atomic mass is 16.5. The normalized spacial score (nSPS) is 25.7. The van der Waals surface area contributed by atoms with Crippen LogP contribution in [0.5, 0.6) is 0 Å². The van der Waals surface area contributed by atoms with Crippen molar-refractivity contribution in [1.29, 1.82) is 0 Å². The highest BCUT2D eigenvalue weighted by Gasteiger charge is 2.33. The monoisotopic (exact) mass is 286 g/mol. The quantitative estimate of drug-likeness (QED) is 0.716. The number of carbonyl (C=O) groups excluding carboxylic acids is 1. The van der Waals surface area contributed by atoms with Gasteiger partial charge in [-0.1, -0.05) is 13.8 Å². The van der Waals surface area contributed by atoms with Gasteiger partial charge in [-0.25, -0.2) is 0 Å². The lowest BCUT2D eigenvalue weighted by atomic mass is 9.99. The van der Waals surface area contributed by atoms with Crippen molar-refractivity contribution in [3.05, 3.63) is 0 Å². The van der Waals surface area contributed by atoms with E-state index in [9.17, 15) is 4.79 Å². The van der Waals surface area contributed by atoms with Gasteiger partial charge in [0.1, 0.15) is 0 Å². The van der Waals surface area contributed by atoms with Crippen LogP contribution < -0.4 is 5.32 Å². The van der Waals surface area contributed by atoms with Crippen molar-refractivity contribution in [2.75, 3.05) is 33.4 Å². The first-order chi connectivity index (χ1) is 9.45. The molecule has 0 aromatic rings. The topological polar surface area (TPSA) is 50.8 Å². The van der Waals surface area contributed by atoms with Gasteiger partial charge in [0.2, 0.25) is 5.91 Å². The van der Waals surface area contributed by atoms with Gasteiger partial charge in [0, 0.05) is 33.4 Å². The van der Waals surface area contributed by atoms with Crippen molar-refractivity contribution in [2.24, 2.45) is 5.92 Å². The predicted octanol–water partition coefficient (Wildman–Crippen LogP) is 1.27. The first-order valence-corrected chi connectivity index (χ1v) is 7.61. The fraction of sp³-hybridized carbons (Fsp3) is 0.933. The van der Waals surface area contributed by atoms with Crippen molar-refractivity contribution < 1.29 is 14.3 Å². The molecule has 1 saturated heterocycles. The molecule has 3 unspecified atom stereocenters. The van der Waals surface area contributed by atoms with Crippen molar-refractivity contribution in [3.8, 4) is 0 Å². The van der Waals surface area contributed by atoms with Crippen LogP contribution in [0.4, 0.5) is 0 Å². The lowest BCUT2D eigenvalue weighted by Gasteiger charge is -2.41. The largest absolute Gasteiger partial charge is 0.385 e. The Morgan fingerprint density at radius 2 is 1.95 bits per heavy atom. The number of hydrogen-bond acceptors (Lipinski definition) is 4. The lowest BCUT2D eigenvalue weighted by Crippen LogP contribution is -2.57. The number of carbonyl (C=O) groups is 1. The molecule has 1 N–H and O–H groups in total. The number of amides is 1. The molecule has 1 amide bonds. The third-order valence-corrected chi connectivity index (χ3v) is 3.57. The van der Waals surface area contributed by atoms with Crippen molar-refractivity contribution >= 4 is 5.91 Å². The average molecular weight is 286 g/mol. The number of rotatable bonds is 7. The molecule has 0 spiro atoms. The average Bonchev–Trinajstić information content (AvgIpc) is 2.33. The van der Waals surface area contributed by atoms with E-state index < -0.39 is 0 Å². The van der Waals surface area contributed by atoms with Gasteiger partial charge in [-0.15, -0.1) is 0 Å². The van der Waals surface area contributed by atoms with E-state index in [1.54, 1.807) is 7.11 Å². The van der Waals surface area contributed by atoms with Crippen LogP contribution in [0.25, 0.3) is 0 Å². The van der Waals surface area contributed by atoms with Crippen molar-refractivity contribution in [1.82, 2.24) is 10.2 Å². The first-order valence-electron chi connectivity index (χ1n) is 7.61. The van der Waals surface area contributed by atoms with Crippen LogP contribution in [0.15, 0.2) is 0 Å². The Labute approximate surface area is 123 Å². The third-order valence-electron chi connectivity index (χ3n) is 3.57. The van der Waals surface area contributed by atoms with Crippen LogP contribution in [0.1, 0.15) is 34.1 Å². The maximum absolute atomic E-state index is 12.4. The minimum Gasteiger partial charge on any atom is -0.385 e. The van der Waals surface area contributed by atoms with Crippen LogP contribution in [0.2, 0.25) is 0 Å². The van der Waals surface area contributed by atoms with E-state index in [1.807, 2.05) is 0 Å². The number of morpholine rings is 1. The molecule has 0 aliphatic carbocycles. The number of methoxy groups -OCH3 is 1. The molecule has 5 heteroatoms. The summed E-state index contributed by atoms with van der Waals surface area (Å²) in [7, 11) is 1.68. The number of hydrogen-bond donors (Lipinski definition) is 1. The molecule has 20 heavy (non-hydrogen) atoms. The number of nitrogens with zero attached hydrogens (tertiary/aromatic N) is 1. The van der Waals surface area contributed by atoms with Gasteiger partial charge in [0.05, 0.1) is 18.2 Å². The summed E-state index contributed by atoms with van der Waals surface area (Å²) >= 11 is 0. The molecular weight excluding hydrogens is 256 g/mol. The zero-order chi connectivity index (χ0) is 15.1. The molecule has 1 heterocycles. The van der Waals surface area contributed by atoms with Crippen molar-refractivity contribution in [3.63, 3.8) is 0 Å². The van der Waals surface area contributed by atoms with Crippen LogP contribution in [-0.2, 0) is 14.3 Å². The van der Waals surface area contributed by atoms with E-state index in [0.717, 1.165) is 19.5 Å². The maximum atomic E-state index is 12.4. The van der Waals surface area contributed by atoms with Crippen LogP contribution in [0.3, 0.4) is 0 Å². The summed E-state index contributed by atoms with van der Waals surface area (Å²) in [5.41, 5.74) is 0. The minimum atomic E-state index is -0.0775. The molecule has 0 aromatic heterocycles. The SMILES string of the molecule is COCCCNC(=O)C(C(C)C)N1CC(C)OC(C)C1. The van der Waals surface area contributed by atoms with E-state index in [2.05, 4.69) is 37.9 Å². The molecule has 118 valence electrons. The number of nitrogens with one attached hydrogen (secondary N) is 1. The van der Waals surface area contributed by atoms with Crippen molar-refractivity contribution in [2.45, 2.75) is 52.4 Å². The van der Waals surface area contributed by atoms with Gasteiger partial charge < -0.3 is 14.8 Å². The zero-order valence-electron chi connectivity index (χ0n) is 13.5. The summed E-state index contributed by atoms with van der Waals surface area (Å²) < 4.78 is 10.7. The van der Waals surface area contributed by atoms with E-state index in [1.165, 1.54) is 0 Å². The van der Waals surface area contributed by atoms with E-state index in [4.69, 9.17) is 9.47 Å². The van der Waals surface area contributed by atoms with Gasteiger partial charge in [0.25, 0.3) is 0 Å². The first kappa shape index (κ1) is 17.4. The zero-order valence-corrected chi connectivity index (χ0v) is 13.5. The van der Waals surface area contributed by atoms with Crippen LogP contribution in [-0.4, -0.2) is 62.4 Å². The molecule has 1 aliphatic heterocycles. The summed E-state index contributed by atoms with van der Waals surface area (Å²) in [5, 5.41) is 3.02. The molecule has 3 atom stereocenters. The Kier molecular flexibility index (Phi) is 7.48. The van der Waals surface area contributed by atoms with E-state index in [0.29, 0.717) is 13.2 Å². The summed E-state index contributed by atoms with van der Waals surface area (Å²) in [6, 6.07) is -0.0775. The van der Waals surface area contributed by atoms with Gasteiger partial charge >= 0.3 is 0 Å². The molecule has 0 bridgehead atoms. The van der Waals surface area contributed by atoms with Gasteiger partial charge in [0.15, 0.2) is 0 Å². The molecule has 1 fully saturated rings. The highest BCUT2D eigenvalue weighted by molar-refractivity contribution is 5.82. The molecule has 0 radical (unpaired) electrons. The lowest BCUT2D eigenvalue weighted by molar-refractivity contribution is -0.135. The van der Waals surface area contributed by atoms with Gasteiger partial charge in [-0.3, -0.25) is 9.69 Å². The second kappa shape index (κ2) is 8.60.